The van der Waals surface area contributed by atoms with Crippen LogP contribution in [0.3, 0.4) is 0 Å². The zero-order chi connectivity index (χ0) is 14.4. The number of hydrogen-bond acceptors (Lipinski definition) is 4. The summed E-state index contributed by atoms with van der Waals surface area (Å²) in [6.07, 6.45) is 1.39. The predicted molar refractivity (Wildman–Crippen MR) is 74.6 cm³/mol. The first-order valence-corrected chi connectivity index (χ1v) is 7.90. The lowest BCUT2D eigenvalue weighted by atomic mass is 10.1. The summed E-state index contributed by atoms with van der Waals surface area (Å²) in [5, 5.41) is 8.60. The number of aliphatic hydroxyl groups is 1. The summed E-state index contributed by atoms with van der Waals surface area (Å²) in [7, 11) is -3.50. The fourth-order valence-corrected chi connectivity index (χ4v) is 3.27. The molecular weight excluding hydrogens is 278 g/mol. The van der Waals surface area contributed by atoms with E-state index in [0.717, 1.165) is 0 Å². The van der Waals surface area contributed by atoms with Crippen LogP contribution in [0.5, 0.6) is 0 Å². The van der Waals surface area contributed by atoms with Gasteiger partial charge in [-0.1, -0.05) is 11.8 Å². The molecule has 0 radical (unpaired) electrons. The fourth-order valence-electron chi connectivity index (χ4n) is 1.96. The van der Waals surface area contributed by atoms with Crippen molar-refractivity contribution in [1.29, 1.82) is 0 Å². The Bertz CT molecular complexity index is 592. The fraction of sp³-hybridized carbons (Fsp3) is 0.429. The average molecular weight is 295 g/mol. The van der Waals surface area contributed by atoms with E-state index < -0.39 is 10.0 Å². The molecule has 5 nitrogen and oxygen atoms in total. The summed E-state index contributed by atoms with van der Waals surface area (Å²) in [5.74, 6) is 5.24. The van der Waals surface area contributed by atoms with Gasteiger partial charge >= 0.3 is 0 Å². The van der Waals surface area contributed by atoms with E-state index in [4.69, 9.17) is 9.84 Å². The Hall–Kier alpha value is -1.39. The van der Waals surface area contributed by atoms with E-state index in [9.17, 15) is 8.42 Å². The van der Waals surface area contributed by atoms with E-state index in [-0.39, 0.29) is 17.5 Å². The highest BCUT2D eigenvalue weighted by atomic mass is 32.2. The third-order valence-electron chi connectivity index (χ3n) is 3.02. The number of rotatable bonds is 3. The monoisotopic (exact) mass is 295 g/mol. The minimum absolute atomic E-state index is 0.0670. The topological polar surface area (TPSA) is 75.6 Å². The molecule has 1 fully saturated rings. The van der Waals surface area contributed by atoms with Crippen LogP contribution < -0.4 is 4.72 Å². The Kier molecular flexibility index (Phi) is 5.15. The second-order valence-corrected chi connectivity index (χ2v) is 6.21. The Balaban J connectivity index is 2.08. The highest BCUT2D eigenvalue weighted by Gasteiger charge is 2.21. The molecule has 0 bridgehead atoms. The molecule has 1 heterocycles. The molecule has 0 unspecified atom stereocenters. The smallest absolute Gasteiger partial charge is 0.240 e. The molecule has 2 N–H and O–H groups in total. The number of sulfonamides is 1. The molecule has 0 amide bonds. The van der Waals surface area contributed by atoms with Crippen molar-refractivity contribution in [2.75, 3.05) is 19.8 Å². The largest absolute Gasteiger partial charge is 0.384 e. The van der Waals surface area contributed by atoms with Crippen molar-refractivity contribution in [1.82, 2.24) is 4.72 Å². The minimum Gasteiger partial charge on any atom is -0.384 e. The molecule has 108 valence electrons. The molecule has 0 aromatic heterocycles. The quantitative estimate of drug-likeness (QED) is 0.796. The molecule has 1 saturated heterocycles. The van der Waals surface area contributed by atoms with Crippen molar-refractivity contribution in [3.05, 3.63) is 29.8 Å². The molecule has 1 aromatic rings. The Morgan fingerprint density at radius 1 is 1.25 bits per heavy atom. The van der Waals surface area contributed by atoms with Gasteiger partial charge in [0, 0.05) is 24.8 Å². The first-order valence-electron chi connectivity index (χ1n) is 6.42. The van der Waals surface area contributed by atoms with Gasteiger partial charge in [-0.25, -0.2) is 13.1 Å². The summed E-state index contributed by atoms with van der Waals surface area (Å²) in [6, 6.07) is 6.22. The first kappa shape index (κ1) is 15.0. The van der Waals surface area contributed by atoms with Gasteiger partial charge < -0.3 is 9.84 Å². The summed E-state index contributed by atoms with van der Waals surface area (Å²) < 4.78 is 32.3. The lowest BCUT2D eigenvalue weighted by molar-refractivity contribution is 0.0832. The Morgan fingerprint density at radius 2 is 1.90 bits per heavy atom. The third kappa shape index (κ3) is 4.05. The predicted octanol–water partition coefficient (Wildman–Crippen LogP) is 0.488. The van der Waals surface area contributed by atoms with Crippen molar-refractivity contribution in [2.45, 2.75) is 23.8 Å². The first-order chi connectivity index (χ1) is 9.62. The summed E-state index contributed by atoms with van der Waals surface area (Å²) in [6.45, 7) is 0.955. The van der Waals surface area contributed by atoms with Gasteiger partial charge in [-0.05, 0) is 37.1 Å². The average Bonchev–Trinajstić information content (AvgIpc) is 2.46. The lowest BCUT2D eigenvalue weighted by Gasteiger charge is -2.22. The molecule has 20 heavy (non-hydrogen) atoms. The van der Waals surface area contributed by atoms with Crippen molar-refractivity contribution in [3.8, 4) is 11.8 Å². The highest BCUT2D eigenvalue weighted by Crippen LogP contribution is 2.14. The van der Waals surface area contributed by atoms with Crippen LogP contribution in [0.1, 0.15) is 18.4 Å². The molecule has 0 atom stereocenters. The summed E-state index contributed by atoms with van der Waals surface area (Å²) >= 11 is 0. The number of aliphatic hydroxyl groups excluding tert-OH is 1. The van der Waals surface area contributed by atoms with Crippen molar-refractivity contribution in [3.63, 3.8) is 0 Å². The van der Waals surface area contributed by atoms with Crippen LogP contribution in [0.4, 0.5) is 0 Å². The highest BCUT2D eigenvalue weighted by molar-refractivity contribution is 7.89. The maximum absolute atomic E-state index is 12.2. The van der Waals surface area contributed by atoms with Gasteiger partial charge in [0.2, 0.25) is 10.0 Å². The van der Waals surface area contributed by atoms with Crippen molar-refractivity contribution >= 4 is 10.0 Å². The number of benzene rings is 1. The normalized spacial score (nSPS) is 16.4. The van der Waals surface area contributed by atoms with Crippen molar-refractivity contribution < 1.29 is 18.3 Å². The number of ether oxygens (including phenoxy) is 1. The van der Waals surface area contributed by atoms with Gasteiger partial charge in [-0.2, -0.15) is 0 Å². The second-order valence-electron chi connectivity index (χ2n) is 4.49. The van der Waals surface area contributed by atoms with Gasteiger partial charge in [-0.15, -0.1) is 0 Å². The molecule has 1 aliphatic rings. The molecule has 0 spiro atoms. The second kappa shape index (κ2) is 6.86. The van der Waals surface area contributed by atoms with E-state index in [0.29, 0.717) is 31.6 Å². The maximum atomic E-state index is 12.2. The van der Waals surface area contributed by atoms with Crippen LogP contribution >= 0.6 is 0 Å². The van der Waals surface area contributed by atoms with E-state index in [1.165, 1.54) is 12.1 Å². The van der Waals surface area contributed by atoms with E-state index in [1.807, 2.05) is 0 Å². The molecule has 0 saturated carbocycles. The number of nitrogens with one attached hydrogen (secondary N) is 1. The summed E-state index contributed by atoms with van der Waals surface area (Å²) in [5.41, 5.74) is 0.670. The Morgan fingerprint density at radius 3 is 2.50 bits per heavy atom. The van der Waals surface area contributed by atoms with Gasteiger partial charge in [-0.3, -0.25) is 0 Å². The van der Waals surface area contributed by atoms with Crippen molar-refractivity contribution in [2.24, 2.45) is 0 Å². The van der Waals surface area contributed by atoms with Gasteiger partial charge in [0.15, 0.2) is 0 Å². The standard InChI is InChI=1S/C14H17NO4S/c16-9-1-2-12-3-5-14(6-4-12)20(17,18)15-13-7-10-19-11-8-13/h3-6,13,15-16H,7-11H2. The van der Waals surface area contributed by atoms with Gasteiger partial charge in [0.1, 0.15) is 6.61 Å². The van der Waals surface area contributed by atoms with Gasteiger partial charge in [0.05, 0.1) is 4.90 Å². The zero-order valence-corrected chi connectivity index (χ0v) is 11.8. The lowest BCUT2D eigenvalue weighted by Crippen LogP contribution is -2.38. The van der Waals surface area contributed by atoms with Crippen LogP contribution in [-0.2, 0) is 14.8 Å². The Labute approximate surface area is 119 Å². The molecule has 6 heteroatoms. The molecule has 0 aliphatic carbocycles. The van der Waals surface area contributed by atoms with Crippen LogP contribution in [0.15, 0.2) is 29.2 Å². The van der Waals surface area contributed by atoms with E-state index >= 15 is 0 Å². The van der Waals surface area contributed by atoms with Crippen LogP contribution in [0.2, 0.25) is 0 Å². The SMILES string of the molecule is O=S(=O)(NC1CCOCC1)c1ccc(C#CCO)cc1. The maximum Gasteiger partial charge on any atom is 0.240 e. The molecule has 1 aliphatic heterocycles. The minimum atomic E-state index is -3.50. The van der Waals surface area contributed by atoms with Crippen LogP contribution in [0.25, 0.3) is 0 Å². The van der Waals surface area contributed by atoms with Gasteiger partial charge in [0.25, 0.3) is 0 Å². The number of hydrogen-bond donors (Lipinski definition) is 2. The van der Waals surface area contributed by atoms with E-state index in [2.05, 4.69) is 16.6 Å². The zero-order valence-electron chi connectivity index (χ0n) is 11.0. The van der Waals surface area contributed by atoms with E-state index in [1.54, 1.807) is 12.1 Å². The van der Waals surface area contributed by atoms with Crippen LogP contribution in [0, 0.1) is 11.8 Å². The third-order valence-corrected chi connectivity index (χ3v) is 4.56. The summed E-state index contributed by atoms with van der Waals surface area (Å²) in [4.78, 5) is 0.221. The molecule has 1 aromatic carbocycles. The molecule has 2 rings (SSSR count). The van der Waals surface area contributed by atoms with Crippen LogP contribution in [-0.4, -0.2) is 39.4 Å². The molecular formula is C14H17NO4S.